The highest BCUT2D eigenvalue weighted by Gasteiger charge is 2.20. The van der Waals surface area contributed by atoms with Crippen LogP contribution in [-0.4, -0.2) is 65.0 Å². The molecule has 0 unspecified atom stereocenters. The largest absolute Gasteiger partial charge is 0.494 e. The summed E-state index contributed by atoms with van der Waals surface area (Å²) in [6.07, 6.45) is 3.17. The predicted molar refractivity (Wildman–Crippen MR) is 142 cm³/mol. The normalized spacial score (nSPS) is 10.8. The van der Waals surface area contributed by atoms with Gasteiger partial charge >= 0.3 is 5.97 Å². The molecule has 3 N–H and O–H groups in total. The number of para-hydroxylation sites is 2. The smallest absolute Gasteiger partial charge is 0.358 e. The number of carboxylic acid groups (broad SMARTS) is 1. The molecule has 198 valence electrons. The van der Waals surface area contributed by atoms with Gasteiger partial charge in [-0.25, -0.2) is 14.8 Å². The molecule has 0 amide bonds. The molecule has 39 heavy (non-hydrogen) atoms. The summed E-state index contributed by atoms with van der Waals surface area (Å²) in [6, 6.07) is 12.3. The van der Waals surface area contributed by atoms with Crippen LogP contribution < -0.4 is 20.1 Å². The van der Waals surface area contributed by atoms with Gasteiger partial charge in [-0.2, -0.15) is 10.2 Å². The highest BCUT2D eigenvalue weighted by molar-refractivity contribution is 5.94. The number of nitrogens with zero attached hydrogens (tertiary/aromatic N) is 8. The SMILES string of the molecule is COc1c(Nc2cc(Nc3cccc(-c4ncn(C)n4)c3OC)c(C(=O)O)nn2)cccc1-c1ncn(C)n1. The number of anilines is 4. The fraction of sp³-hybridized carbons (Fsp3) is 0.160. The Bertz CT molecular complexity index is 1660. The number of aromatic carboxylic acids is 1. The summed E-state index contributed by atoms with van der Waals surface area (Å²) in [4.78, 5) is 20.6. The Hall–Kier alpha value is -5.53. The summed E-state index contributed by atoms with van der Waals surface area (Å²) >= 11 is 0. The van der Waals surface area contributed by atoms with E-state index in [0.717, 1.165) is 0 Å². The van der Waals surface area contributed by atoms with Gasteiger partial charge in [0.25, 0.3) is 0 Å². The molecule has 2 aromatic carbocycles. The molecule has 14 heteroatoms. The van der Waals surface area contributed by atoms with Gasteiger partial charge in [0, 0.05) is 20.2 Å². The first-order valence-corrected chi connectivity index (χ1v) is 11.6. The van der Waals surface area contributed by atoms with Gasteiger partial charge in [-0.1, -0.05) is 12.1 Å². The van der Waals surface area contributed by atoms with Crippen LogP contribution in [0.4, 0.5) is 22.9 Å². The van der Waals surface area contributed by atoms with Crippen LogP contribution >= 0.6 is 0 Å². The highest BCUT2D eigenvalue weighted by atomic mass is 16.5. The third kappa shape index (κ3) is 5.02. The molecular formula is C25H24N10O4. The molecule has 5 rings (SSSR count). The number of hydrogen-bond acceptors (Lipinski definition) is 11. The van der Waals surface area contributed by atoms with Gasteiger partial charge in [0.2, 0.25) is 0 Å². The van der Waals surface area contributed by atoms with Crippen LogP contribution in [0.3, 0.4) is 0 Å². The van der Waals surface area contributed by atoms with Crippen molar-refractivity contribution in [3.05, 3.63) is 60.8 Å². The minimum Gasteiger partial charge on any atom is -0.494 e. The number of benzene rings is 2. The van der Waals surface area contributed by atoms with E-state index in [1.165, 1.54) is 20.3 Å². The number of ether oxygens (including phenoxy) is 2. The van der Waals surface area contributed by atoms with Crippen LogP contribution in [0.1, 0.15) is 10.5 Å². The number of aromatic nitrogens is 8. The quantitative estimate of drug-likeness (QED) is 0.256. The van der Waals surface area contributed by atoms with Crippen LogP contribution in [-0.2, 0) is 14.1 Å². The number of aryl methyl sites for hydroxylation is 2. The Balaban J connectivity index is 1.52. The highest BCUT2D eigenvalue weighted by Crippen LogP contribution is 2.39. The van der Waals surface area contributed by atoms with Crippen molar-refractivity contribution in [2.45, 2.75) is 0 Å². The molecule has 0 saturated heterocycles. The second-order valence-corrected chi connectivity index (χ2v) is 8.30. The Labute approximate surface area is 222 Å². The molecule has 0 saturated carbocycles. The fourth-order valence-corrected chi connectivity index (χ4v) is 3.98. The molecular weight excluding hydrogens is 504 g/mol. The number of carbonyl (C=O) groups is 1. The Morgan fingerprint density at radius 1 is 0.795 bits per heavy atom. The number of hydrogen-bond donors (Lipinski definition) is 3. The first-order chi connectivity index (χ1) is 18.9. The van der Waals surface area contributed by atoms with Crippen LogP contribution in [0.2, 0.25) is 0 Å². The Morgan fingerprint density at radius 3 is 1.79 bits per heavy atom. The van der Waals surface area contributed by atoms with Crippen LogP contribution in [0.5, 0.6) is 11.5 Å². The molecule has 0 aliphatic carbocycles. The van der Waals surface area contributed by atoms with Crippen molar-refractivity contribution in [1.82, 2.24) is 39.7 Å². The zero-order valence-electron chi connectivity index (χ0n) is 21.4. The second-order valence-electron chi connectivity index (χ2n) is 8.30. The third-order valence-electron chi connectivity index (χ3n) is 5.65. The van der Waals surface area contributed by atoms with E-state index in [9.17, 15) is 9.90 Å². The molecule has 0 bridgehead atoms. The van der Waals surface area contributed by atoms with E-state index in [4.69, 9.17) is 9.47 Å². The molecule has 5 aromatic rings. The van der Waals surface area contributed by atoms with Gasteiger partial charge in [-0.05, 0) is 24.3 Å². The number of rotatable bonds is 9. The molecule has 3 aromatic heterocycles. The van der Waals surface area contributed by atoms with E-state index < -0.39 is 5.97 Å². The lowest BCUT2D eigenvalue weighted by molar-refractivity contribution is 0.0690. The van der Waals surface area contributed by atoms with E-state index in [2.05, 4.69) is 41.0 Å². The van der Waals surface area contributed by atoms with Gasteiger partial charge in [0.05, 0.1) is 42.4 Å². The van der Waals surface area contributed by atoms with Crippen molar-refractivity contribution < 1.29 is 19.4 Å². The number of carboxylic acids is 1. The maximum atomic E-state index is 12.0. The van der Waals surface area contributed by atoms with E-state index >= 15 is 0 Å². The zero-order chi connectivity index (χ0) is 27.5. The van der Waals surface area contributed by atoms with Gasteiger partial charge in [-0.3, -0.25) is 9.36 Å². The van der Waals surface area contributed by atoms with E-state index in [-0.39, 0.29) is 17.2 Å². The lowest BCUT2D eigenvalue weighted by Gasteiger charge is -2.16. The van der Waals surface area contributed by atoms with Crippen molar-refractivity contribution in [2.24, 2.45) is 14.1 Å². The number of nitrogens with one attached hydrogen (secondary N) is 2. The van der Waals surface area contributed by atoms with Crippen LogP contribution in [0.25, 0.3) is 22.8 Å². The molecule has 0 spiro atoms. The monoisotopic (exact) mass is 528 g/mol. The Morgan fingerprint density at radius 2 is 1.33 bits per heavy atom. The van der Waals surface area contributed by atoms with Crippen LogP contribution in [0, 0.1) is 0 Å². The molecule has 0 fully saturated rings. The lowest BCUT2D eigenvalue weighted by atomic mass is 10.1. The minimum absolute atomic E-state index is 0.186. The van der Waals surface area contributed by atoms with Crippen molar-refractivity contribution in [2.75, 3.05) is 24.9 Å². The first kappa shape index (κ1) is 25.1. The molecule has 3 heterocycles. The molecule has 0 aliphatic rings. The predicted octanol–water partition coefficient (Wildman–Crippen LogP) is 3.27. The maximum absolute atomic E-state index is 12.0. The molecule has 0 aliphatic heterocycles. The molecule has 0 radical (unpaired) electrons. The maximum Gasteiger partial charge on any atom is 0.358 e. The van der Waals surface area contributed by atoms with Crippen LogP contribution in [0.15, 0.2) is 55.1 Å². The van der Waals surface area contributed by atoms with Crippen molar-refractivity contribution >= 4 is 28.8 Å². The van der Waals surface area contributed by atoms with Crippen molar-refractivity contribution in [1.29, 1.82) is 0 Å². The fourth-order valence-electron chi connectivity index (χ4n) is 3.98. The summed E-state index contributed by atoms with van der Waals surface area (Å²) in [5.41, 5.74) is 2.26. The summed E-state index contributed by atoms with van der Waals surface area (Å²) in [7, 11) is 6.59. The summed E-state index contributed by atoms with van der Waals surface area (Å²) < 4.78 is 14.5. The van der Waals surface area contributed by atoms with E-state index in [1.807, 2.05) is 18.2 Å². The van der Waals surface area contributed by atoms with Gasteiger partial charge in [0.1, 0.15) is 12.7 Å². The van der Waals surface area contributed by atoms with Crippen molar-refractivity contribution in [3.63, 3.8) is 0 Å². The minimum atomic E-state index is -1.25. The summed E-state index contributed by atoms with van der Waals surface area (Å²) in [5.74, 6) is 0.888. The molecule has 14 nitrogen and oxygen atoms in total. The van der Waals surface area contributed by atoms with Gasteiger partial charge in [-0.15, -0.1) is 10.2 Å². The third-order valence-corrected chi connectivity index (χ3v) is 5.65. The zero-order valence-corrected chi connectivity index (χ0v) is 21.4. The second kappa shape index (κ2) is 10.5. The van der Waals surface area contributed by atoms with Gasteiger partial charge in [0.15, 0.2) is 34.7 Å². The summed E-state index contributed by atoms with van der Waals surface area (Å²) in [5, 5.41) is 32.7. The Kier molecular flexibility index (Phi) is 6.74. The van der Waals surface area contributed by atoms with Crippen molar-refractivity contribution in [3.8, 4) is 34.3 Å². The number of methoxy groups -OCH3 is 2. The lowest BCUT2D eigenvalue weighted by Crippen LogP contribution is -2.10. The standard InChI is InChI=1S/C25H24N10O4/c1-34-12-26-23(32-34)14-7-5-9-16(21(14)38-3)28-18-11-19(30-31-20(18)25(36)37)29-17-10-6-8-15(22(17)39-4)24-27-13-35(2)33-24/h5-13H,1-4H3,(H,36,37)(H2,28,29,30). The summed E-state index contributed by atoms with van der Waals surface area (Å²) in [6.45, 7) is 0. The van der Waals surface area contributed by atoms with E-state index in [0.29, 0.717) is 45.6 Å². The van der Waals surface area contributed by atoms with E-state index in [1.54, 1.807) is 54.3 Å². The average molecular weight is 529 g/mol. The van der Waals surface area contributed by atoms with Gasteiger partial charge < -0.3 is 25.2 Å². The molecule has 0 atom stereocenters. The average Bonchev–Trinajstić information content (AvgIpc) is 3.56. The first-order valence-electron chi connectivity index (χ1n) is 11.6. The topological polar surface area (TPSA) is 167 Å².